The van der Waals surface area contributed by atoms with Crippen LogP contribution in [0.25, 0.3) is 0 Å². The number of nitrogens with zero attached hydrogens (tertiary/aromatic N) is 1. The average Bonchev–Trinajstić information content (AvgIpc) is 2.55. The first-order valence-corrected chi connectivity index (χ1v) is 8.44. The number of rotatable bonds is 5. The molecule has 0 radical (unpaired) electrons. The first-order chi connectivity index (χ1) is 11.6. The van der Waals surface area contributed by atoms with E-state index in [1.54, 1.807) is 24.1 Å². The molecule has 126 valence electrons. The van der Waals surface area contributed by atoms with E-state index in [4.69, 9.17) is 0 Å². The normalized spacial score (nSPS) is 15.4. The summed E-state index contributed by atoms with van der Waals surface area (Å²) in [5.74, 6) is 0.246. The van der Waals surface area contributed by atoms with Crippen LogP contribution < -0.4 is 5.32 Å². The summed E-state index contributed by atoms with van der Waals surface area (Å²) in [4.78, 5) is 14.2. The highest BCUT2D eigenvalue weighted by atomic mass is 19.1. The van der Waals surface area contributed by atoms with Crippen molar-refractivity contribution in [3.05, 3.63) is 71.5 Å². The molecule has 1 N–H and O–H groups in total. The smallest absolute Gasteiger partial charge is 0.317 e. The Bertz CT molecular complexity index is 668. The summed E-state index contributed by atoms with van der Waals surface area (Å²) in [7, 11) is 1.77. The van der Waals surface area contributed by atoms with Crippen molar-refractivity contribution in [1.82, 2.24) is 10.2 Å². The highest BCUT2D eigenvalue weighted by Gasteiger charge is 2.30. The van der Waals surface area contributed by atoms with Crippen LogP contribution in [0.1, 0.15) is 36.4 Å². The molecule has 2 aromatic rings. The summed E-state index contributed by atoms with van der Waals surface area (Å²) >= 11 is 0. The fraction of sp³-hybridized carbons (Fsp3) is 0.350. The molecule has 1 fully saturated rings. The Labute approximate surface area is 142 Å². The molecule has 24 heavy (non-hydrogen) atoms. The Hall–Kier alpha value is -2.36. The molecule has 3 nitrogen and oxygen atoms in total. The number of nitrogens with one attached hydrogen (secondary N) is 1. The molecule has 1 aliphatic rings. The van der Waals surface area contributed by atoms with E-state index in [1.165, 1.54) is 18.6 Å². The number of benzene rings is 2. The van der Waals surface area contributed by atoms with Gasteiger partial charge in [-0.15, -0.1) is 0 Å². The Kier molecular flexibility index (Phi) is 5.14. The molecule has 0 bridgehead atoms. The third-order valence-corrected chi connectivity index (χ3v) is 4.74. The summed E-state index contributed by atoms with van der Waals surface area (Å²) in [6.07, 6.45) is 3.54. The van der Waals surface area contributed by atoms with Crippen LogP contribution in [-0.2, 0) is 6.54 Å². The number of carbonyl (C=O) groups is 1. The second kappa shape index (κ2) is 7.47. The number of carbonyl (C=O) groups excluding carboxylic acids is 1. The number of amides is 2. The number of hydrogen-bond donors (Lipinski definition) is 1. The van der Waals surface area contributed by atoms with Gasteiger partial charge in [-0.05, 0) is 42.0 Å². The molecular weight excluding hydrogens is 303 g/mol. The molecule has 1 saturated carbocycles. The van der Waals surface area contributed by atoms with Crippen LogP contribution in [0.5, 0.6) is 0 Å². The maximum absolute atomic E-state index is 13.0. The number of halogens is 1. The van der Waals surface area contributed by atoms with Crippen LogP contribution in [0.2, 0.25) is 0 Å². The van der Waals surface area contributed by atoms with E-state index in [2.05, 4.69) is 17.4 Å². The highest BCUT2D eigenvalue weighted by Crippen LogP contribution is 2.37. The van der Waals surface area contributed by atoms with Crippen molar-refractivity contribution in [2.45, 2.75) is 31.8 Å². The van der Waals surface area contributed by atoms with Gasteiger partial charge in [0.05, 0.1) is 6.04 Å². The minimum absolute atomic E-state index is 0.0584. The van der Waals surface area contributed by atoms with E-state index >= 15 is 0 Å². The van der Waals surface area contributed by atoms with Crippen molar-refractivity contribution >= 4 is 6.03 Å². The van der Waals surface area contributed by atoms with E-state index in [0.29, 0.717) is 12.5 Å². The summed E-state index contributed by atoms with van der Waals surface area (Å²) < 4.78 is 13.0. The second-order valence-electron chi connectivity index (χ2n) is 6.51. The zero-order valence-electron chi connectivity index (χ0n) is 13.9. The van der Waals surface area contributed by atoms with Crippen molar-refractivity contribution < 1.29 is 9.18 Å². The van der Waals surface area contributed by atoms with E-state index in [-0.39, 0.29) is 17.9 Å². The van der Waals surface area contributed by atoms with Gasteiger partial charge in [0.15, 0.2) is 0 Å². The van der Waals surface area contributed by atoms with Crippen LogP contribution in [0.15, 0.2) is 54.6 Å². The molecule has 1 unspecified atom stereocenters. The van der Waals surface area contributed by atoms with Crippen LogP contribution in [0, 0.1) is 11.7 Å². The van der Waals surface area contributed by atoms with Gasteiger partial charge in [-0.2, -0.15) is 0 Å². The van der Waals surface area contributed by atoms with Crippen LogP contribution in [0.4, 0.5) is 9.18 Å². The zero-order chi connectivity index (χ0) is 16.9. The van der Waals surface area contributed by atoms with Gasteiger partial charge >= 0.3 is 6.03 Å². The number of hydrogen-bond acceptors (Lipinski definition) is 1. The monoisotopic (exact) mass is 326 g/mol. The van der Waals surface area contributed by atoms with Crippen molar-refractivity contribution in [3.63, 3.8) is 0 Å². The number of urea groups is 1. The lowest BCUT2D eigenvalue weighted by Crippen LogP contribution is -2.42. The van der Waals surface area contributed by atoms with Crippen molar-refractivity contribution in [1.29, 1.82) is 0 Å². The highest BCUT2D eigenvalue weighted by molar-refractivity contribution is 5.74. The van der Waals surface area contributed by atoms with Gasteiger partial charge in [0, 0.05) is 13.6 Å². The van der Waals surface area contributed by atoms with Crippen LogP contribution >= 0.6 is 0 Å². The van der Waals surface area contributed by atoms with Gasteiger partial charge in [-0.25, -0.2) is 9.18 Å². The molecule has 2 aromatic carbocycles. The predicted octanol–water partition coefficient (Wildman–Crippen LogP) is 4.51. The van der Waals surface area contributed by atoms with Gasteiger partial charge in [-0.3, -0.25) is 0 Å². The van der Waals surface area contributed by atoms with Gasteiger partial charge < -0.3 is 10.2 Å². The van der Waals surface area contributed by atoms with E-state index < -0.39 is 0 Å². The average molecular weight is 326 g/mol. The van der Waals surface area contributed by atoms with Gasteiger partial charge in [0.25, 0.3) is 0 Å². The standard InChI is InChI=1S/C20H23FN2O/c1-23(14-15-10-12-18(21)13-11-15)20(24)22-19(17-8-5-9-17)16-6-3-2-4-7-16/h2-4,6-7,10-13,17,19H,5,8-9,14H2,1H3,(H,22,24). The first-order valence-electron chi connectivity index (χ1n) is 8.44. The predicted molar refractivity (Wildman–Crippen MR) is 92.9 cm³/mol. The Balaban J connectivity index is 1.65. The lowest BCUT2D eigenvalue weighted by Gasteiger charge is -2.35. The third kappa shape index (κ3) is 3.94. The van der Waals surface area contributed by atoms with E-state index in [1.807, 2.05) is 18.2 Å². The lowest BCUT2D eigenvalue weighted by atomic mass is 9.77. The van der Waals surface area contributed by atoms with E-state index in [0.717, 1.165) is 24.0 Å². The van der Waals surface area contributed by atoms with Crippen molar-refractivity contribution in [2.75, 3.05) is 7.05 Å². The molecule has 2 amide bonds. The quantitative estimate of drug-likeness (QED) is 0.861. The van der Waals surface area contributed by atoms with Gasteiger partial charge in [0.1, 0.15) is 5.82 Å². The zero-order valence-corrected chi connectivity index (χ0v) is 13.9. The topological polar surface area (TPSA) is 32.3 Å². The molecule has 3 rings (SSSR count). The largest absolute Gasteiger partial charge is 0.331 e. The van der Waals surface area contributed by atoms with Crippen molar-refractivity contribution in [3.8, 4) is 0 Å². The molecular formula is C20H23FN2O. The Morgan fingerprint density at radius 3 is 2.42 bits per heavy atom. The minimum Gasteiger partial charge on any atom is -0.331 e. The first kappa shape index (κ1) is 16.5. The second-order valence-corrected chi connectivity index (χ2v) is 6.51. The van der Waals surface area contributed by atoms with Crippen molar-refractivity contribution in [2.24, 2.45) is 5.92 Å². The van der Waals surface area contributed by atoms with E-state index in [9.17, 15) is 9.18 Å². The summed E-state index contributed by atoms with van der Waals surface area (Å²) in [6, 6.07) is 16.4. The summed E-state index contributed by atoms with van der Waals surface area (Å²) in [5, 5.41) is 3.18. The maximum Gasteiger partial charge on any atom is 0.317 e. The molecule has 0 saturated heterocycles. The fourth-order valence-corrected chi connectivity index (χ4v) is 3.09. The molecule has 0 spiro atoms. The lowest BCUT2D eigenvalue weighted by molar-refractivity contribution is 0.182. The molecule has 4 heteroatoms. The van der Waals surface area contributed by atoms with Crippen LogP contribution in [-0.4, -0.2) is 18.0 Å². The molecule has 0 heterocycles. The fourth-order valence-electron chi connectivity index (χ4n) is 3.09. The Morgan fingerprint density at radius 2 is 1.83 bits per heavy atom. The third-order valence-electron chi connectivity index (χ3n) is 4.74. The molecule has 0 aromatic heterocycles. The van der Waals surface area contributed by atoms with Gasteiger partial charge in [-0.1, -0.05) is 48.9 Å². The molecule has 0 aliphatic heterocycles. The summed E-state index contributed by atoms with van der Waals surface area (Å²) in [5.41, 5.74) is 2.07. The molecule has 1 aliphatic carbocycles. The molecule has 1 atom stereocenters. The van der Waals surface area contributed by atoms with Gasteiger partial charge in [0.2, 0.25) is 0 Å². The van der Waals surface area contributed by atoms with Crippen LogP contribution in [0.3, 0.4) is 0 Å². The summed E-state index contributed by atoms with van der Waals surface area (Å²) in [6.45, 7) is 0.457. The maximum atomic E-state index is 13.0. The SMILES string of the molecule is CN(Cc1ccc(F)cc1)C(=O)NC(c1ccccc1)C1CCC1. The minimum atomic E-state index is -0.264. The Morgan fingerprint density at radius 1 is 1.17 bits per heavy atom.